The van der Waals surface area contributed by atoms with Gasteiger partial charge in [0, 0.05) is 11.8 Å². The van der Waals surface area contributed by atoms with Crippen LogP contribution in [0.15, 0.2) is 0 Å². The molecule has 15 heteroatoms. The molecule has 0 aromatic carbocycles. The molecule has 0 aromatic heterocycles. The maximum atomic E-state index is 12.6. The minimum absolute atomic E-state index is 0. The third-order valence-electron chi connectivity index (χ3n) is 11.2. The van der Waals surface area contributed by atoms with E-state index in [4.69, 9.17) is 12.5 Å². The number of carboxylic acids is 1. The van der Waals surface area contributed by atoms with Crippen molar-refractivity contribution in [3.63, 3.8) is 0 Å². The molecule has 11 atom stereocenters. The van der Waals surface area contributed by atoms with Gasteiger partial charge < -0.3 is 5.11 Å². The van der Waals surface area contributed by atoms with E-state index in [0.29, 0.717) is 38.5 Å². The number of aliphatic carboxylic acids is 1. The SMILES string of the molecule is C[C@H](CCC(=O)O)[C@H]1CC[C@H]2[C@@H]3C(OS(C)(=O)=O)CC4CC(OS(C)(=O)=O)CC[C@]4(C)[C@H]3CC(OS(C)(=O)=O)[C@]12C.Cl. The van der Waals surface area contributed by atoms with E-state index in [1.807, 2.05) is 13.8 Å². The summed E-state index contributed by atoms with van der Waals surface area (Å²) >= 11 is 0. The van der Waals surface area contributed by atoms with Crippen LogP contribution in [-0.4, -0.2) is 73.4 Å². The van der Waals surface area contributed by atoms with Gasteiger partial charge in [0.05, 0.1) is 37.1 Å². The lowest BCUT2D eigenvalue weighted by Gasteiger charge is -2.64. The van der Waals surface area contributed by atoms with Gasteiger partial charge in [0.15, 0.2) is 0 Å². The normalized spacial score (nSPS) is 41.1. The third-order valence-corrected chi connectivity index (χ3v) is 13.0. The summed E-state index contributed by atoms with van der Waals surface area (Å²) in [7, 11) is -11.3. The van der Waals surface area contributed by atoms with E-state index >= 15 is 0 Å². The van der Waals surface area contributed by atoms with Crippen LogP contribution < -0.4 is 0 Å². The molecule has 1 N–H and O–H groups in total. The highest BCUT2D eigenvalue weighted by molar-refractivity contribution is 7.86. The second kappa shape index (κ2) is 12.4. The average Bonchev–Trinajstić information content (AvgIpc) is 3.14. The van der Waals surface area contributed by atoms with Crippen molar-refractivity contribution in [3.8, 4) is 0 Å². The van der Waals surface area contributed by atoms with Crippen molar-refractivity contribution < 1.29 is 47.7 Å². The number of fused-ring (bicyclic) bond motifs is 5. The van der Waals surface area contributed by atoms with Crippen molar-refractivity contribution in [1.29, 1.82) is 0 Å². The third kappa shape index (κ3) is 7.47. The highest BCUT2D eigenvalue weighted by Gasteiger charge is 2.67. The van der Waals surface area contributed by atoms with Crippen LogP contribution in [-0.2, 0) is 47.7 Å². The molecule has 4 unspecified atom stereocenters. The summed E-state index contributed by atoms with van der Waals surface area (Å²) in [5.41, 5.74) is -0.964. The smallest absolute Gasteiger partial charge is 0.303 e. The lowest BCUT2D eigenvalue weighted by molar-refractivity contribution is -0.194. The van der Waals surface area contributed by atoms with Crippen molar-refractivity contribution >= 4 is 48.7 Å². The molecule has 0 aliphatic heterocycles. The summed E-state index contributed by atoms with van der Waals surface area (Å²) in [4.78, 5) is 11.3. The Bertz CT molecular complexity index is 1330. The van der Waals surface area contributed by atoms with Crippen molar-refractivity contribution in [2.45, 2.75) is 96.9 Å². The summed E-state index contributed by atoms with van der Waals surface area (Å²) < 4.78 is 91.1. The Hall–Kier alpha value is -0.510. The molecular weight excluding hydrogens is 632 g/mol. The molecule has 0 amide bonds. The van der Waals surface area contributed by atoms with Crippen LogP contribution in [0.25, 0.3) is 0 Å². The Morgan fingerprint density at radius 2 is 1.45 bits per heavy atom. The fourth-order valence-corrected chi connectivity index (χ4v) is 11.7. The molecule has 42 heavy (non-hydrogen) atoms. The molecule has 4 fully saturated rings. The molecule has 0 radical (unpaired) electrons. The van der Waals surface area contributed by atoms with Crippen LogP contribution in [0.5, 0.6) is 0 Å². The van der Waals surface area contributed by atoms with Crippen molar-refractivity contribution in [2.24, 2.45) is 46.3 Å². The first kappa shape index (κ1) is 36.0. The van der Waals surface area contributed by atoms with Crippen molar-refractivity contribution in [3.05, 3.63) is 0 Å². The standard InChI is InChI=1S/C27H46O11S3.ClH/c1-16(7-10-24(28)29)19-8-9-20-25-21(15-23(27(19,20)3)38-41(6,34)35)26(2)12-11-18(36-39(4,30)31)13-17(26)14-22(25)37-40(5,32)33;/h16-23,25H,7-15H2,1-6H3,(H,28,29);1H/t16-,17?,18?,19-,20+,21+,22?,23?,25+,26+,27-;/m1./s1. The van der Waals surface area contributed by atoms with Gasteiger partial charge in [-0.15, -0.1) is 12.4 Å². The average molecular weight is 679 g/mol. The highest BCUT2D eigenvalue weighted by Crippen LogP contribution is 2.69. The number of rotatable bonds is 10. The fourth-order valence-electron chi connectivity index (χ4n) is 9.63. The summed E-state index contributed by atoms with van der Waals surface area (Å²) in [6, 6.07) is 0. The Morgan fingerprint density at radius 3 is 2.00 bits per heavy atom. The van der Waals surface area contributed by atoms with E-state index in [1.165, 1.54) is 0 Å². The molecule has 246 valence electrons. The Kier molecular flexibility index (Phi) is 10.6. The Labute approximate surface area is 257 Å². The lowest BCUT2D eigenvalue weighted by atomic mass is 9.43. The van der Waals surface area contributed by atoms with Gasteiger partial charge in [-0.3, -0.25) is 17.3 Å². The number of carboxylic acid groups (broad SMARTS) is 1. The second-order valence-electron chi connectivity index (χ2n) is 13.7. The van der Waals surface area contributed by atoms with Crippen LogP contribution in [0, 0.1) is 46.3 Å². The van der Waals surface area contributed by atoms with Crippen molar-refractivity contribution in [2.75, 3.05) is 18.8 Å². The molecule has 0 saturated heterocycles. The maximum absolute atomic E-state index is 12.6. The van der Waals surface area contributed by atoms with Gasteiger partial charge in [0.25, 0.3) is 30.4 Å². The second-order valence-corrected chi connectivity index (χ2v) is 18.6. The molecule has 4 rings (SSSR count). The number of carbonyl (C=O) groups is 1. The molecule has 0 aromatic rings. The first-order valence-electron chi connectivity index (χ1n) is 14.5. The van der Waals surface area contributed by atoms with E-state index in [9.17, 15) is 35.2 Å². The van der Waals surface area contributed by atoms with E-state index < -0.39 is 60.1 Å². The van der Waals surface area contributed by atoms with E-state index in [2.05, 4.69) is 6.92 Å². The molecule has 4 aliphatic rings. The molecular formula is C27H47ClO11S3. The minimum Gasteiger partial charge on any atom is -0.481 e. The zero-order valence-corrected chi connectivity index (χ0v) is 28.5. The summed E-state index contributed by atoms with van der Waals surface area (Å²) in [5, 5.41) is 9.30. The predicted molar refractivity (Wildman–Crippen MR) is 158 cm³/mol. The van der Waals surface area contributed by atoms with Crippen LogP contribution in [0.2, 0.25) is 0 Å². The van der Waals surface area contributed by atoms with Crippen LogP contribution >= 0.6 is 12.4 Å². The zero-order chi connectivity index (χ0) is 30.8. The van der Waals surface area contributed by atoms with Gasteiger partial charge in [-0.25, -0.2) is 0 Å². The maximum Gasteiger partial charge on any atom is 0.303 e. The van der Waals surface area contributed by atoms with Crippen LogP contribution in [0.3, 0.4) is 0 Å². The predicted octanol–water partition coefficient (Wildman–Crippen LogP) is 3.82. The van der Waals surface area contributed by atoms with E-state index in [1.54, 1.807) is 0 Å². The van der Waals surface area contributed by atoms with E-state index in [-0.39, 0.29) is 59.8 Å². The van der Waals surface area contributed by atoms with Gasteiger partial charge in [0.2, 0.25) is 0 Å². The van der Waals surface area contributed by atoms with Gasteiger partial charge in [-0.2, -0.15) is 25.3 Å². The minimum atomic E-state index is -3.84. The van der Waals surface area contributed by atoms with Crippen molar-refractivity contribution in [1.82, 2.24) is 0 Å². The lowest BCUT2D eigenvalue weighted by Crippen LogP contribution is -2.63. The van der Waals surface area contributed by atoms with Crippen LogP contribution in [0.1, 0.15) is 78.6 Å². The van der Waals surface area contributed by atoms with Gasteiger partial charge in [0.1, 0.15) is 0 Å². The van der Waals surface area contributed by atoms with Gasteiger partial charge in [-0.1, -0.05) is 20.8 Å². The summed E-state index contributed by atoms with van der Waals surface area (Å²) in [6.45, 7) is 6.21. The van der Waals surface area contributed by atoms with Gasteiger partial charge >= 0.3 is 5.97 Å². The highest BCUT2D eigenvalue weighted by atomic mass is 35.5. The summed E-state index contributed by atoms with van der Waals surface area (Å²) in [5.74, 6) is -1.39. The molecule has 4 aliphatic carbocycles. The van der Waals surface area contributed by atoms with E-state index in [0.717, 1.165) is 31.6 Å². The molecule has 0 bridgehead atoms. The van der Waals surface area contributed by atoms with Gasteiger partial charge in [-0.05, 0) is 92.3 Å². The molecule has 0 spiro atoms. The first-order valence-corrected chi connectivity index (χ1v) is 20.0. The Morgan fingerprint density at radius 1 is 0.857 bits per heavy atom. The number of hydrogen-bond donors (Lipinski definition) is 1. The molecule has 0 heterocycles. The number of hydrogen-bond acceptors (Lipinski definition) is 10. The monoisotopic (exact) mass is 678 g/mol. The Balaban J connectivity index is 0.00000484. The first-order chi connectivity index (χ1) is 18.6. The molecule has 4 saturated carbocycles. The quantitative estimate of drug-likeness (QED) is 0.334. The zero-order valence-electron chi connectivity index (χ0n) is 25.2. The topological polar surface area (TPSA) is 167 Å². The number of halogens is 1. The largest absolute Gasteiger partial charge is 0.481 e. The fraction of sp³-hybridized carbons (Fsp3) is 0.963. The van der Waals surface area contributed by atoms with Crippen LogP contribution in [0.4, 0.5) is 0 Å². The summed E-state index contributed by atoms with van der Waals surface area (Å²) in [6.07, 6.45) is 5.65. The molecule has 11 nitrogen and oxygen atoms in total.